The van der Waals surface area contributed by atoms with Gasteiger partial charge in [0.25, 0.3) is 0 Å². The molecule has 166 valence electrons. The second-order valence-electron chi connectivity index (χ2n) is 7.34. The molecule has 1 aromatic heterocycles. The van der Waals surface area contributed by atoms with Crippen molar-refractivity contribution >= 4 is 22.5 Å². The number of nitrogens with one attached hydrogen (secondary N) is 1. The van der Waals surface area contributed by atoms with E-state index < -0.39 is 0 Å². The van der Waals surface area contributed by atoms with E-state index in [9.17, 15) is 4.79 Å². The SMILES string of the molecule is CC.COc1ccc(N(Cc2ccccc2)C(=O)C2CC2)cc1.c1ccc2[nH]ncc2c1. The number of fused-ring (bicyclic) bond motifs is 1. The number of amides is 1. The molecule has 0 atom stereocenters. The molecule has 0 bridgehead atoms. The average Bonchev–Trinajstić information content (AvgIpc) is 3.61. The molecule has 0 saturated heterocycles. The van der Waals surface area contributed by atoms with Crippen molar-refractivity contribution < 1.29 is 9.53 Å². The highest BCUT2D eigenvalue weighted by Gasteiger charge is 2.34. The van der Waals surface area contributed by atoms with Crippen LogP contribution in [0.4, 0.5) is 5.69 Å². The number of para-hydroxylation sites is 1. The van der Waals surface area contributed by atoms with Crippen molar-refractivity contribution in [3.8, 4) is 5.75 Å². The number of ether oxygens (including phenoxy) is 1. The predicted octanol–water partition coefficient (Wildman–Crippen LogP) is 6.23. The number of anilines is 1. The van der Waals surface area contributed by atoms with Gasteiger partial charge in [0.15, 0.2) is 0 Å². The minimum Gasteiger partial charge on any atom is -0.497 e. The van der Waals surface area contributed by atoms with Gasteiger partial charge in [0.2, 0.25) is 5.91 Å². The largest absolute Gasteiger partial charge is 0.497 e. The van der Waals surface area contributed by atoms with Gasteiger partial charge in [-0.15, -0.1) is 0 Å². The van der Waals surface area contributed by atoms with Crippen molar-refractivity contribution in [1.82, 2.24) is 10.2 Å². The second kappa shape index (κ2) is 11.7. The number of hydrogen-bond acceptors (Lipinski definition) is 3. The Morgan fingerprint density at radius 3 is 2.25 bits per heavy atom. The van der Waals surface area contributed by atoms with Gasteiger partial charge in [-0.25, -0.2) is 0 Å². The fourth-order valence-corrected chi connectivity index (χ4v) is 3.26. The van der Waals surface area contributed by atoms with E-state index in [1.165, 1.54) is 0 Å². The van der Waals surface area contributed by atoms with Crippen LogP contribution in [-0.2, 0) is 11.3 Å². The van der Waals surface area contributed by atoms with Crippen LogP contribution in [0.2, 0.25) is 0 Å². The summed E-state index contributed by atoms with van der Waals surface area (Å²) in [5, 5.41) is 7.91. The molecule has 0 spiro atoms. The van der Waals surface area contributed by atoms with Gasteiger partial charge < -0.3 is 9.64 Å². The van der Waals surface area contributed by atoms with Crippen molar-refractivity contribution in [2.75, 3.05) is 12.0 Å². The van der Waals surface area contributed by atoms with Crippen LogP contribution in [0.15, 0.2) is 85.1 Å². The summed E-state index contributed by atoms with van der Waals surface area (Å²) >= 11 is 0. The fourth-order valence-electron chi connectivity index (χ4n) is 3.26. The number of hydrogen-bond donors (Lipinski definition) is 1. The molecular weight excluding hydrogens is 398 g/mol. The molecule has 1 saturated carbocycles. The third-order valence-electron chi connectivity index (χ3n) is 5.11. The number of methoxy groups -OCH3 is 1. The Labute approximate surface area is 190 Å². The van der Waals surface area contributed by atoms with Crippen LogP contribution in [0.3, 0.4) is 0 Å². The van der Waals surface area contributed by atoms with Gasteiger partial charge in [-0.2, -0.15) is 5.10 Å². The summed E-state index contributed by atoms with van der Waals surface area (Å²) in [6, 6.07) is 25.8. The van der Waals surface area contributed by atoms with E-state index in [1.54, 1.807) is 7.11 Å². The van der Waals surface area contributed by atoms with Crippen LogP contribution in [0.5, 0.6) is 5.75 Å². The molecule has 5 heteroatoms. The molecule has 5 rings (SSSR count). The van der Waals surface area contributed by atoms with Crippen molar-refractivity contribution in [3.05, 3.63) is 90.6 Å². The number of rotatable bonds is 5. The van der Waals surface area contributed by atoms with Crippen LogP contribution in [-0.4, -0.2) is 23.2 Å². The number of carbonyl (C=O) groups excluding carboxylic acids is 1. The summed E-state index contributed by atoms with van der Waals surface area (Å²) in [4.78, 5) is 14.4. The maximum absolute atomic E-state index is 12.6. The van der Waals surface area contributed by atoms with Crippen LogP contribution in [0.25, 0.3) is 10.9 Å². The summed E-state index contributed by atoms with van der Waals surface area (Å²) in [5.41, 5.74) is 3.16. The van der Waals surface area contributed by atoms with Gasteiger partial charge in [-0.1, -0.05) is 62.4 Å². The molecular formula is C27H31N3O2. The molecule has 1 N–H and O–H groups in total. The van der Waals surface area contributed by atoms with Crippen LogP contribution in [0.1, 0.15) is 32.3 Å². The summed E-state index contributed by atoms with van der Waals surface area (Å²) < 4.78 is 5.18. The first kappa shape index (κ1) is 23.1. The summed E-state index contributed by atoms with van der Waals surface area (Å²) in [6.07, 6.45) is 3.84. The van der Waals surface area contributed by atoms with Gasteiger partial charge in [0, 0.05) is 17.0 Å². The van der Waals surface area contributed by atoms with Gasteiger partial charge in [0.1, 0.15) is 5.75 Å². The topological polar surface area (TPSA) is 58.2 Å². The predicted molar refractivity (Wildman–Crippen MR) is 131 cm³/mol. The van der Waals surface area contributed by atoms with Gasteiger partial charge >= 0.3 is 0 Å². The Hall–Kier alpha value is -3.60. The van der Waals surface area contributed by atoms with E-state index in [2.05, 4.69) is 22.3 Å². The normalized spacial score (nSPS) is 12.1. The lowest BCUT2D eigenvalue weighted by Crippen LogP contribution is -2.31. The maximum Gasteiger partial charge on any atom is 0.230 e. The highest BCUT2D eigenvalue weighted by atomic mass is 16.5. The Balaban J connectivity index is 0.000000218. The standard InChI is InChI=1S/C18H19NO2.C7H6N2.C2H6/c1-21-17-11-9-16(10-12-17)19(18(20)15-7-8-15)13-14-5-3-2-4-6-14;1-2-4-7-6(3-1)5-8-9-7;1-2/h2-6,9-12,15H,7-8,13H2,1H3;1-5H,(H,8,9);1-2H3. The molecule has 1 heterocycles. The number of nitrogens with zero attached hydrogens (tertiary/aromatic N) is 2. The summed E-state index contributed by atoms with van der Waals surface area (Å²) in [6.45, 7) is 4.61. The van der Waals surface area contributed by atoms with E-state index in [0.29, 0.717) is 6.54 Å². The number of benzene rings is 3. The molecule has 0 unspecified atom stereocenters. The van der Waals surface area contributed by atoms with Crippen LogP contribution < -0.4 is 9.64 Å². The first-order valence-electron chi connectivity index (χ1n) is 11.1. The van der Waals surface area contributed by atoms with Gasteiger partial charge in [-0.05, 0) is 48.7 Å². The summed E-state index contributed by atoms with van der Waals surface area (Å²) in [7, 11) is 1.64. The number of H-pyrrole nitrogens is 1. The molecule has 1 aliphatic rings. The third-order valence-corrected chi connectivity index (χ3v) is 5.11. The lowest BCUT2D eigenvalue weighted by Gasteiger charge is -2.23. The van der Waals surface area contributed by atoms with E-state index >= 15 is 0 Å². The van der Waals surface area contributed by atoms with E-state index in [-0.39, 0.29) is 11.8 Å². The zero-order valence-electron chi connectivity index (χ0n) is 19.0. The number of carbonyl (C=O) groups is 1. The van der Waals surface area contributed by atoms with Gasteiger partial charge in [0.05, 0.1) is 25.4 Å². The lowest BCUT2D eigenvalue weighted by atomic mass is 10.1. The van der Waals surface area contributed by atoms with Crippen LogP contribution in [0, 0.1) is 5.92 Å². The molecule has 5 nitrogen and oxygen atoms in total. The Morgan fingerprint density at radius 2 is 1.62 bits per heavy atom. The quantitative estimate of drug-likeness (QED) is 0.409. The lowest BCUT2D eigenvalue weighted by molar-refractivity contribution is -0.119. The molecule has 1 amide bonds. The first-order chi connectivity index (χ1) is 15.7. The smallest absolute Gasteiger partial charge is 0.230 e. The Morgan fingerprint density at radius 1 is 0.969 bits per heavy atom. The molecule has 1 aliphatic carbocycles. The molecule has 4 aromatic rings. The number of aromatic amines is 1. The fraction of sp³-hybridized carbons (Fsp3) is 0.259. The van der Waals surface area contributed by atoms with E-state index in [0.717, 1.165) is 40.7 Å². The minimum atomic E-state index is 0.204. The van der Waals surface area contributed by atoms with E-state index in [1.807, 2.05) is 91.7 Å². The first-order valence-corrected chi connectivity index (χ1v) is 11.1. The third kappa shape index (κ3) is 6.20. The van der Waals surface area contributed by atoms with Crippen molar-refractivity contribution in [2.24, 2.45) is 5.92 Å². The van der Waals surface area contributed by atoms with Crippen molar-refractivity contribution in [2.45, 2.75) is 33.2 Å². The van der Waals surface area contributed by atoms with Crippen molar-refractivity contribution in [3.63, 3.8) is 0 Å². The Bertz CT molecular complexity index is 1060. The zero-order chi connectivity index (χ0) is 22.8. The van der Waals surface area contributed by atoms with Gasteiger partial charge in [-0.3, -0.25) is 9.89 Å². The monoisotopic (exact) mass is 429 g/mol. The second-order valence-corrected chi connectivity index (χ2v) is 7.34. The summed E-state index contributed by atoms with van der Waals surface area (Å²) in [5.74, 6) is 1.23. The zero-order valence-corrected chi connectivity index (χ0v) is 19.0. The average molecular weight is 430 g/mol. The molecule has 1 fully saturated rings. The molecule has 0 aliphatic heterocycles. The Kier molecular flexibility index (Phi) is 8.44. The van der Waals surface area contributed by atoms with E-state index in [4.69, 9.17) is 4.74 Å². The highest BCUT2D eigenvalue weighted by Crippen LogP contribution is 2.34. The van der Waals surface area contributed by atoms with Crippen molar-refractivity contribution in [1.29, 1.82) is 0 Å². The number of aromatic nitrogens is 2. The minimum absolute atomic E-state index is 0.204. The molecule has 3 aromatic carbocycles. The maximum atomic E-state index is 12.6. The van der Waals surface area contributed by atoms with Crippen LogP contribution >= 0.6 is 0 Å². The highest BCUT2D eigenvalue weighted by molar-refractivity contribution is 5.96. The molecule has 32 heavy (non-hydrogen) atoms. The molecule has 0 radical (unpaired) electrons.